The zero-order valence-electron chi connectivity index (χ0n) is 16.3. The molecule has 0 bridgehead atoms. The average Bonchev–Trinajstić information content (AvgIpc) is 3.48. The lowest BCUT2D eigenvalue weighted by atomic mass is 10.1. The van der Waals surface area contributed by atoms with Crippen molar-refractivity contribution < 1.29 is 9.23 Å². The highest BCUT2D eigenvalue weighted by molar-refractivity contribution is 6.31. The summed E-state index contributed by atoms with van der Waals surface area (Å²) in [5.41, 5.74) is 4.28. The van der Waals surface area contributed by atoms with Crippen molar-refractivity contribution in [1.82, 2.24) is 19.3 Å². The van der Waals surface area contributed by atoms with E-state index in [1.807, 2.05) is 48.2 Å². The summed E-state index contributed by atoms with van der Waals surface area (Å²) in [5.74, 6) is 0.551. The Balaban J connectivity index is 1.60. The van der Waals surface area contributed by atoms with E-state index in [0.717, 1.165) is 28.3 Å². The van der Waals surface area contributed by atoms with Gasteiger partial charge in [0, 0.05) is 34.9 Å². The van der Waals surface area contributed by atoms with Crippen LogP contribution in [-0.2, 0) is 6.61 Å². The largest absolute Gasteiger partial charge is 0.409 e. The molecule has 30 heavy (non-hydrogen) atoms. The second-order valence-electron chi connectivity index (χ2n) is 6.75. The molecule has 0 aliphatic heterocycles. The minimum absolute atomic E-state index is 0.141. The second kappa shape index (κ2) is 8.47. The third kappa shape index (κ3) is 4.09. The predicted octanol–water partition coefficient (Wildman–Crippen LogP) is 5.46. The molecule has 0 saturated heterocycles. The van der Waals surface area contributed by atoms with Gasteiger partial charge in [0.15, 0.2) is 0 Å². The maximum absolute atomic E-state index is 13.5. The number of aromatic amines is 1. The Morgan fingerprint density at radius 3 is 2.90 bits per heavy atom. The average molecular weight is 423 g/mol. The quantitative estimate of drug-likeness (QED) is 0.402. The monoisotopic (exact) mass is 422 g/mol. The molecular weight excluding hydrogens is 403 g/mol. The highest BCUT2D eigenvalue weighted by Crippen LogP contribution is 2.23. The standard InChI is InChI=1S/C23H20ClFN4O/c1-3-17(21-6-7-23(27-21)28-11-9-26-15-28)13-22-16(2)8-10-29(22)30-14-18-12-19(25)4-5-20(18)24/h3-13,15,27H,1,14H2,2H3/b17-13+. The number of aromatic nitrogens is 4. The highest BCUT2D eigenvalue weighted by atomic mass is 35.5. The van der Waals surface area contributed by atoms with Crippen molar-refractivity contribution in [3.63, 3.8) is 0 Å². The molecule has 0 aliphatic carbocycles. The smallest absolute Gasteiger partial charge is 0.141 e. The van der Waals surface area contributed by atoms with Crippen molar-refractivity contribution in [2.24, 2.45) is 0 Å². The van der Waals surface area contributed by atoms with E-state index < -0.39 is 0 Å². The number of allylic oxidation sites excluding steroid dienone is 2. The minimum atomic E-state index is -0.351. The first kappa shape index (κ1) is 19.8. The van der Waals surface area contributed by atoms with Crippen LogP contribution in [0.5, 0.6) is 0 Å². The van der Waals surface area contributed by atoms with Crippen LogP contribution in [0.15, 0.2) is 74.0 Å². The van der Waals surface area contributed by atoms with Crippen molar-refractivity contribution in [3.8, 4) is 5.82 Å². The topological polar surface area (TPSA) is 47.8 Å². The molecule has 3 heterocycles. The molecule has 0 fully saturated rings. The van der Waals surface area contributed by atoms with Crippen molar-refractivity contribution in [1.29, 1.82) is 0 Å². The van der Waals surface area contributed by atoms with Gasteiger partial charge in [-0.3, -0.25) is 4.57 Å². The number of H-pyrrole nitrogens is 1. The zero-order chi connectivity index (χ0) is 21.1. The van der Waals surface area contributed by atoms with Crippen LogP contribution in [0.25, 0.3) is 17.5 Å². The van der Waals surface area contributed by atoms with Crippen molar-refractivity contribution in [2.75, 3.05) is 0 Å². The zero-order valence-corrected chi connectivity index (χ0v) is 17.1. The minimum Gasteiger partial charge on any atom is -0.409 e. The number of rotatable bonds is 7. The van der Waals surface area contributed by atoms with Gasteiger partial charge < -0.3 is 9.82 Å². The Morgan fingerprint density at radius 1 is 1.27 bits per heavy atom. The molecule has 1 N–H and O–H groups in total. The van der Waals surface area contributed by atoms with E-state index in [1.54, 1.807) is 23.3 Å². The number of benzene rings is 1. The van der Waals surface area contributed by atoms with Gasteiger partial charge >= 0.3 is 0 Å². The summed E-state index contributed by atoms with van der Waals surface area (Å²) in [7, 11) is 0. The molecule has 0 amide bonds. The summed E-state index contributed by atoms with van der Waals surface area (Å²) < 4.78 is 17.1. The summed E-state index contributed by atoms with van der Waals surface area (Å²) in [6.07, 6.45) is 10.9. The van der Waals surface area contributed by atoms with Crippen LogP contribution in [0.3, 0.4) is 0 Å². The lowest BCUT2D eigenvalue weighted by Crippen LogP contribution is -2.12. The van der Waals surface area contributed by atoms with Crippen LogP contribution in [0.1, 0.15) is 22.5 Å². The molecule has 0 saturated carbocycles. The van der Waals surface area contributed by atoms with E-state index >= 15 is 0 Å². The molecule has 0 spiro atoms. The van der Waals surface area contributed by atoms with Crippen LogP contribution < -0.4 is 4.84 Å². The number of aryl methyl sites for hydroxylation is 1. The lowest BCUT2D eigenvalue weighted by Gasteiger charge is -2.12. The van der Waals surface area contributed by atoms with E-state index in [2.05, 4.69) is 16.5 Å². The third-order valence-electron chi connectivity index (χ3n) is 4.74. The summed E-state index contributed by atoms with van der Waals surface area (Å²) in [6.45, 7) is 6.08. The molecular formula is C23H20ClFN4O. The molecule has 0 unspecified atom stereocenters. The van der Waals surface area contributed by atoms with Gasteiger partial charge in [-0.15, -0.1) is 0 Å². The van der Waals surface area contributed by atoms with Crippen LogP contribution >= 0.6 is 11.6 Å². The highest BCUT2D eigenvalue weighted by Gasteiger charge is 2.10. The number of nitrogens with zero attached hydrogens (tertiary/aromatic N) is 3. The van der Waals surface area contributed by atoms with E-state index in [4.69, 9.17) is 16.4 Å². The van der Waals surface area contributed by atoms with E-state index in [0.29, 0.717) is 10.6 Å². The molecule has 7 heteroatoms. The van der Waals surface area contributed by atoms with Gasteiger partial charge in [-0.25, -0.2) is 9.37 Å². The predicted molar refractivity (Wildman–Crippen MR) is 117 cm³/mol. The molecule has 1 aromatic carbocycles. The van der Waals surface area contributed by atoms with Crippen LogP contribution in [-0.4, -0.2) is 19.3 Å². The first-order valence-corrected chi connectivity index (χ1v) is 9.70. The summed E-state index contributed by atoms with van der Waals surface area (Å²) in [5, 5.41) is 0.461. The van der Waals surface area contributed by atoms with E-state index in [1.165, 1.54) is 18.2 Å². The van der Waals surface area contributed by atoms with Gasteiger partial charge in [0.2, 0.25) is 0 Å². The van der Waals surface area contributed by atoms with Crippen LogP contribution in [0.2, 0.25) is 5.02 Å². The maximum Gasteiger partial charge on any atom is 0.141 e. The fourth-order valence-corrected chi connectivity index (χ4v) is 3.27. The molecule has 0 atom stereocenters. The lowest BCUT2D eigenvalue weighted by molar-refractivity contribution is 0.0964. The van der Waals surface area contributed by atoms with Gasteiger partial charge in [-0.2, -0.15) is 4.73 Å². The SMILES string of the molecule is C=C/C(=C\c1c(C)ccn1OCc1cc(F)ccc1Cl)c1ccc(-n2ccnc2)[nH]1. The first-order chi connectivity index (χ1) is 14.5. The summed E-state index contributed by atoms with van der Waals surface area (Å²) >= 11 is 6.15. The fourth-order valence-electron chi connectivity index (χ4n) is 3.10. The third-order valence-corrected chi connectivity index (χ3v) is 5.11. The Kier molecular flexibility index (Phi) is 5.59. The number of hydrogen-bond acceptors (Lipinski definition) is 2. The number of halogens is 2. The Morgan fingerprint density at radius 2 is 2.13 bits per heavy atom. The number of nitrogens with one attached hydrogen (secondary N) is 1. The second-order valence-corrected chi connectivity index (χ2v) is 7.16. The van der Waals surface area contributed by atoms with Gasteiger partial charge in [0.25, 0.3) is 0 Å². The molecule has 3 aromatic heterocycles. The molecule has 5 nitrogen and oxygen atoms in total. The summed E-state index contributed by atoms with van der Waals surface area (Å²) in [6, 6.07) is 10.1. The van der Waals surface area contributed by atoms with Gasteiger partial charge in [0.05, 0.1) is 5.69 Å². The molecule has 4 rings (SSSR count). The fraction of sp³-hybridized carbons (Fsp3) is 0.0870. The molecule has 152 valence electrons. The normalized spacial score (nSPS) is 11.6. The van der Waals surface area contributed by atoms with Crippen molar-refractivity contribution in [2.45, 2.75) is 13.5 Å². The molecule has 0 radical (unpaired) electrons. The molecule has 4 aromatic rings. The van der Waals surface area contributed by atoms with Crippen LogP contribution in [0, 0.1) is 12.7 Å². The first-order valence-electron chi connectivity index (χ1n) is 9.32. The van der Waals surface area contributed by atoms with Crippen LogP contribution in [0.4, 0.5) is 4.39 Å². The van der Waals surface area contributed by atoms with Crippen molar-refractivity contribution in [3.05, 3.63) is 107 Å². The Labute approximate surface area is 178 Å². The van der Waals surface area contributed by atoms with Gasteiger partial charge in [-0.05, 0) is 60.5 Å². The van der Waals surface area contributed by atoms with E-state index in [9.17, 15) is 4.39 Å². The Bertz CT molecular complexity index is 1200. The van der Waals surface area contributed by atoms with Crippen molar-refractivity contribution >= 4 is 23.3 Å². The van der Waals surface area contributed by atoms with E-state index in [-0.39, 0.29) is 12.4 Å². The summed E-state index contributed by atoms with van der Waals surface area (Å²) in [4.78, 5) is 13.3. The maximum atomic E-state index is 13.5. The molecule has 0 aliphatic rings. The number of hydrogen-bond donors (Lipinski definition) is 1. The Hall–Kier alpha value is -3.51. The van der Waals surface area contributed by atoms with Gasteiger partial charge in [-0.1, -0.05) is 24.3 Å². The van der Waals surface area contributed by atoms with Gasteiger partial charge in [0.1, 0.15) is 24.6 Å². The number of imidazole rings is 1.